The van der Waals surface area contributed by atoms with Gasteiger partial charge in [-0.3, -0.25) is 4.79 Å². The van der Waals surface area contributed by atoms with Crippen molar-refractivity contribution in [2.45, 2.75) is 95.5 Å². The van der Waals surface area contributed by atoms with E-state index in [1.54, 1.807) is 24.3 Å². The van der Waals surface area contributed by atoms with Gasteiger partial charge in [0, 0.05) is 11.6 Å². The van der Waals surface area contributed by atoms with Crippen molar-refractivity contribution in [1.82, 2.24) is 10.1 Å². The monoisotopic (exact) mass is 493 g/mol. The molecular weight excluding hydrogens is 454 g/mol. The Balaban J connectivity index is 1.76. The van der Waals surface area contributed by atoms with E-state index in [1.807, 2.05) is 13.8 Å². The van der Waals surface area contributed by atoms with Crippen LogP contribution in [-0.4, -0.2) is 40.5 Å². The van der Waals surface area contributed by atoms with Crippen LogP contribution >= 0.6 is 0 Å². The van der Waals surface area contributed by atoms with Gasteiger partial charge in [-0.25, -0.2) is 4.83 Å². The first-order chi connectivity index (χ1) is 15.2. The van der Waals surface area contributed by atoms with E-state index >= 15 is 0 Å². The smallest absolute Gasteiger partial charge is 0.276 e. The topological polar surface area (TPSA) is 96.9 Å². The lowest BCUT2D eigenvalue weighted by molar-refractivity contribution is -0.141. The second-order valence-corrected chi connectivity index (χ2v) is 17.4. The van der Waals surface area contributed by atoms with Gasteiger partial charge in [-0.2, -0.15) is 13.5 Å². The van der Waals surface area contributed by atoms with Crippen LogP contribution in [0.5, 0.6) is 0 Å². The first kappa shape index (κ1) is 25.9. The quantitative estimate of drug-likeness (QED) is 0.335. The molecule has 0 bridgehead atoms. The minimum atomic E-state index is -3.74. The van der Waals surface area contributed by atoms with Crippen molar-refractivity contribution in [3.8, 4) is 0 Å². The molecule has 0 aromatic heterocycles. The Morgan fingerprint density at radius 3 is 2.39 bits per heavy atom. The van der Waals surface area contributed by atoms with Crippen molar-refractivity contribution < 1.29 is 17.6 Å². The molecular formula is C24H39N3O4SSi. The van der Waals surface area contributed by atoms with Crippen LogP contribution in [0.4, 0.5) is 0 Å². The summed E-state index contributed by atoms with van der Waals surface area (Å²) in [6.45, 7) is 14.9. The Hall–Kier alpha value is -1.71. The summed E-state index contributed by atoms with van der Waals surface area (Å²) in [4.78, 5) is 15.2. The maximum Gasteiger partial charge on any atom is 0.276 e. The number of sulfonamides is 1. The van der Waals surface area contributed by atoms with E-state index in [4.69, 9.17) is 4.43 Å². The van der Waals surface area contributed by atoms with Crippen molar-refractivity contribution >= 4 is 30.0 Å². The van der Waals surface area contributed by atoms with Crippen molar-refractivity contribution in [1.29, 1.82) is 0 Å². The largest absolute Gasteiger partial charge is 0.413 e. The van der Waals surface area contributed by atoms with Gasteiger partial charge >= 0.3 is 0 Å². The summed E-state index contributed by atoms with van der Waals surface area (Å²) in [5.41, 5.74) is 1.81. The molecule has 0 radical (unpaired) electrons. The summed E-state index contributed by atoms with van der Waals surface area (Å²) < 4.78 is 32.0. The molecule has 2 fully saturated rings. The number of nitrogens with zero attached hydrogens (tertiary/aromatic N) is 1. The van der Waals surface area contributed by atoms with Crippen LogP contribution < -0.4 is 10.1 Å². The lowest BCUT2D eigenvalue weighted by Crippen LogP contribution is -2.67. The average molecular weight is 494 g/mol. The van der Waals surface area contributed by atoms with Crippen LogP contribution in [0.3, 0.4) is 0 Å². The van der Waals surface area contributed by atoms with Crippen molar-refractivity contribution in [2.24, 2.45) is 16.9 Å². The van der Waals surface area contributed by atoms with Gasteiger partial charge in [0.2, 0.25) is 5.91 Å². The molecule has 3 rings (SSSR count). The number of hydrazone groups is 1. The number of amides is 1. The number of hydrogen-bond donors (Lipinski definition) is 2. The third-order valence-corrected chi connectivity index (χ3v) is 13.3. The molecule has 4 atom stereocenters. The average Bonchev–Trinajstić information content (AvgIpc) is 2.69. The number of benzene rings is 1. The molecule has 1 aromatic rings. The molecule has 1 saturated heterocycles. The molecule has 1 saturated carbocycles. The van der Waals surface area contributed by atoms with E-state index in [2.05, 4.69) is 49.1 Å². The van der Waals surface area contributed by atoms with Gasteiger partial charge in [0.1, 0.15) is 0 Å². The fourth-order valence-corrected chi connectivity index (χ4v) is 6.69. The molecule has 2 aliphatic rings. The Kier molecular flexibility index (Phi) is 7.46. The van der Waals surface area contributed by atoms with Gasteiger partial charge in [-0.05, 0) is 63.4 Å². The summed E-state index contributed by atoms with van der Waals surface area (Å²) in [6.07, 6.45) is 3.39. The maximum atomic E-state index is 12.7. The number of carbonyl (C=O) groups excluding carboxylic acids is 1. The molecule has 1 aromatic carbocycles. The summed E-state index contributed by atoms with van der Waals surface area (Å²) >= 11 is 0. The zero-order chi connectivity index (χ0) is 24.6. The molecule has 184 valence electrons. The van der Waals surface area contributed by atoms with Crippen molar-refractivity contribution in [2.75, 3.05) is 0 Å². The van der Waals surface area contributed by atoms with Crippen LogP contribution in [0.15, 0.2) is 34.3 Å². The molecule has 0 unspecified atom stereocenters. The third kappa shape index (κ3) is 5.69. The molecule has 33 heavy (non-hydrogen) atoms. The SMILES string of the molecule is Cc1ccc(S(=O)(=O)NN=C2CCCC[C@@H]2[C@H]2NC(=O)[C@@H]2[C@@H](C)O[Si](C)(C)C(C)(C)C)cc1. The standard InChI is InChI=1S/C24H39N3O4SSi/c1-16-12-14-18(15-13-16)32(29,30)27-26-20-11-9-8-10-19(20)22-21(23(28)25-22)17(2)31-33(6,7)24(3,4)5/h12-15,17,19,21-22,27H,8-11H2,1-7H3,(H,25,28)/t17-,19+,21-,22-/m1/s1. The third-order valence-electron chi connectivity index (χ3n) is 7.49. The van der Waals surface area contributed by atoms with Crippen LogP contribution in [-0.2, 0) is 19.2 Å². The fourth-order valence-electron chi connectivity index (χ4n) is 4.42. The second-order valence-electron chi connectivity index (χ2n) is 11.0. The summed E-state index contributed by atoms with van der Waals surface area (Å²) in [6, 6.07) is 6.61. The molecule has 1 aliphatic carbocycles. The van der Waals surface area contributed by atoms with Gasteiger partial charge in [-0.1, -0.05) is 44.9 Å². The van der Waals surface area contributed by atoms with Gasteiger partial charge in [0.15, 0.2) is 8.32 Å². The first-order valence-corrected chi connectivity index (χ1v) is 16.3. The molecule has 9 heteroatoms. The maximum absolute atomic E-state index is 12.7. The minimum absolute atomic E-state index is 0.00707. The van der Waals surface area contributed by atoms with Crippen molar-refractivity contribution in [3.63, 3.8) is 0 Å². The normalized spacial score (nSPS) is 26.5. The Labute approximate surface area is 199 Å². The van der Waals surface area contributed by atoms with Gasteiger partial charge in [0.05, 0.1) is 23.0 Å². The van der Waals surface area contributed by atoms with Crippen molar-refractivity contribution in [3.05, 3.63) is 29.8 Å². The van der Waals surface area contributed by atoms with Crippen LogP contribution in [0, 0.1) is 18.8 Å². The summed E-state index contributed by atoms with van der Waals surface area (Å²) in [5, 5.41) is 7.50. The highest BCUT2D eigenvalue weighted by Crippen LogP contribution is 2.40. The number of rotatable bonds is 7. The number of carbonyl (C=O) groups is 1. The predicted molar refractivity (Wildman–Crippen MR) is 134 cm³/mol. The molecule has 0 spiro atoms. The zero-order valence-corrected chi connectivity index (χ0v) is 22.8. The molecule has 1 heterocycles. The number of nitrogens with one attached hydrogen (secondary N) is 2. The highest BCUT2D eigenvalue weighted by molar-refractivity contribution is 7.89. The second kappa shape index (κ2) is 9.50. The molecule has 7 nitrogen and oxygen atoms in total. The number of hydrogen-bond acceptors (Lipinski definition) is 5. The van der Waals surface area contributed by atoms with E-state index in [9.17, 15) is 13.2 Å². The van der Waals surface area contributed by atoms with E-state index < -0.39 is 18.3 Å². The Morgan fingerprint density at radius 1 is 1.18 bits per heavy atom. The van der Waals surface area contributed by atoms with E-state index in [0.29, 0.717) is 0 Å². The lowest BCUT2D eigenvalue weighted by Gasteiger charge is -2.48. The summed E-state index contributed by atoms with van der Waals surface area (Å²) in [5.74, 6) is -0.231. The highest BCUT2D eigenvalue weighted by atomic mass is 32.2. The van der Waals surface area contributed by atoms with Crippen LogP contribution in [0.1, 0.15) is 58.9 Å². The van der Waals surface area contributed by atoms with E-state index in [-0.39, 0.29) is 39.8 Å². The lowest BCUT2D eigenvalue weighted by atomic mass is 9.71. The highest BCUT2D eigenvalue weighted by Gasteiger charge is 2.51. The fraction of sp³-hybridized carbons (Fsp3) is 0.667. The van der Waals surface area contributed by atoms with Gasteiger partial charge in [0.25, 0.3) is 10.0 Å². The Bertz CT molecular complexity index is 1000. The molecule has 1 amide bonds. The first-order valence-electron chi connectivity index (χ1n) is 11.9. The van der Waals surface area contributed by atoms with E-state index in [1.165, 1.54) is 0 Å². The predicted octanol–water partition coefficient (Wildman–Crippen LogP) is 4.34. The Morgan fingerprint density at radius 2 is 1.82 bits per heavy atom. The van der Waals surface area contributed by atoms with Gasteiger partial charge < -0.3 is 9.74 Å². The molecule has 1 aliphatic heterocycles. The molecule has 2 N–H and O–H groups in total. The van der Waals surface area contributed by atoms with Crippen LogP contribution in [0.25, 0.3) is 0 Å². The van der Waals surface area contributed by atoms with Crippen LogP contribution in [0.2, 0.25) is 18.1 Å². The van der Waals surface area contributed by atoms with Gasteiger partial charge in [-0.15, -0.1) is 0 Å². The van der Waals surface area contributed by atoms with E-state index in [0.717, 1.165) is 37.0 Å². The summed E-state index contributed by atoms with van der Waals surface area (Å²) in [7, 11) is -5.76. The minimum Gasteiger partial charge on any atom is -0.413 e. The number of aryl methyl sites for hydroxylation is 1. The zero-order valence-electron chi connectivity index (χ0n) is 20.9. The number of β-lactam (4-membered cyclic amide) rings is 1.